The number of hydrogen-bond acceptors (Lipinski definition) is 5. The Morgan fingerprint density at radius 1 is 1.67 bits per heavy atom. The maximum absolute atomic E-state index is 10.4. The second kappa shape index (κ2) is 4.16. The minimum absolute atomic E-state index is 0.198. The van der Waals surface area contributed by atoms with Crippen LogP contribution in [0.25, 0.3) is 0 Å². The quantitative estimate of drug-likeness (QED) is 0.788. The van der Waals surface area contributed by atoms with Crippen molar-refractivity contribution in [3.63, 3.8) is 0 Å². The Hall–Kier alpha value is -1.14. The van der Waals surface area contributed by atoms with Crippen molar-refractivity contribution in [3.05, 3.63) is 10.6 Å². The first-order valence-electron chi connectivity index (χ1n) is 4.83. The first kappa shape index (κ1) is 10.4. The van der Waals surface area contributed by atoms with Gasteiger partial charge in [-0.25, -0.2) is 4.98 Å². The SMILES string of the molecule is Nc1nc2c(s1)CN(CCC(=O)O)CC2. The summed E-state index contributed by atoms with van der Waals surface area (Å²) in [4.78, 5) is 18.0. The van der Waals surface area contributed by atoms with Crippen LogP contribution < -0.4 is 5.73 Å². The van der Waals surface area contributed by atoms with Crippen LogP contribution in [-0.2, 0) is 17.8 Å². The fourth-order valence-corrected chi connectivity index (χ4v) is 2.63. The Bertz CT molecular complexity index is 377. The summed E-state index contributed by atoms with van der Waals surface area (Å²) in [6.07, 6.45) is 1.08. The molecular weight excluding hydrogens is 214 g/mol. The van der Waals surface area contributed by atoms with Crippen LogP contribution in [0.3, 0.4) is 0 Å². The van der Waals surface area contributed by atoms with E-state index in [1.807, 2.05) is 0 Å². The number of nitrogens with two attached hydrogens (primary N) is 1. The molecule has 0 bridgehead atoms. The number of aromatic nitrogens is 1. The lowest BCUT2D eigenvalue weighted by molar-refractivity contribution is -0.137. The van der Waals surface area contributed by atoms with Crippen molar-refractivity contribution in [2.45, 2.75) is 19.4 Å². The molecular formula is C9H13N3O2S. The van der Waals surface area contributed by atoms with Gasteiger partial charge < -0.3 is 10.8 Å². The monoisotopic (exact) mass is 227 g/mol. The zero-order chi connectivity index (χ0) is 10.8. The van der Waals surface area contributed by atoms with Crippen molar-refractivity contribution in [1.82, 2.24) is 9.88 Å². The van der Waals surface area contributed by atoms with Crippen molar-refractivity contribution < 1.29 is 9.90 Å². The van der Waals surface area contributed by atoms with Gasteiger partial charge in [0.15, 0.2) is 5.13 Å². The maximum Gasteiger partial charge on any atom is 0.304 e. The number of hydrogen-bond donors (Lipinski definition) is 2. The van der Waals surface area contributed by atoms with Gasteiger partial charge in [0.1, 0.15) is 0 Å². The van der Waals surface area contributed by atoms with E-state index in [4.69, 9.17) is 10.8 Å². The molecule has 1 aliphatic heterocycles. The fraction of sp³-hybridized carbons (Fsp3) is 0.556. The van der Waals surface area contributed by atoms with Crippen LogP contribution in [0.15, 0.2) is 0 Å². The normalized spacial score (nSPS) is 16.3. The molecule has 0 saturated heterocycles. The third-order valence-corrected chi connectivity index (χ3v) is 3.38. The van der Waals surface area contributed by atoms with Gasteiger partial charge in [-0.05, 0) is 0 Å². The highest BCUT2D eigenvalue weighted by Gasteiger charge is 2.20. The third kappa shape index (κ3) is 2.45. The van der Waals surface area contributed by atoms with E-state index in [0.717, 1.165) is 25.2 Å². The summed E-state index contributed by atoms with van der Waals surface area (Å²) < 4.78 is 0. The van der Waals surface area contributed by atoms with Crippen molar-refractivity contribution in [2.24, 2.45) is 0 Å². The molecule has 5 nitrogen and oxygen atoms in total. The molecule has 0 radical (unpaired) electrons. The van der Waals surface area contributed by atoms with Gasteiger partial charge in [-0.2, -0.15) is 0 Å². The van der Waals surface area contributed by atoms with E-state index in [2.05, 4.69) is 9.88 Å². The number of anilines is 1. The van der Waals surface area contributed by atoms with Crippen LogP contribution in [0.2, 0.25) is 0 Å². The molecule has 0 aromatic carbocycles. The van der Waals surface area contributed by atoms with Crippen molar-refractivity contribution >= 4 is 22.4 Å². The Balaban J connectivity index is 1.96. The van der Waals surface area contributed by atoms with Crippen LogP contribution in [0.4, 0.5) is 5.13 Å². The zero-order valence-electron chi connectivity index (χ0n) is 8.27. The minimum Gasteiger partial charge on any atom is -0.481 e. The molecule has 1 aliphatic rings. The number of aliphatic carboxylic acids is 1. The molecule has 0 amide bonds. The highest BCUT2D eigenvalue weighted by molar-refractivity contribution is 7.15. The van der Waals surface area contributed by atoms with Gasteiger partial charge in [-0.1, -0.05) is 0 Å². The Labute approximate surface area is 91.5 Å². The molecule has 3 N–H and O–H groups in total. The highest BCUT2D eigenvalue weighted by Crippen LogP contribution is 2.26. The number of fused-ring (bicyclic) bond motifs is 1. The molecule has 0 saturated carbocycles. The average molecular weight is 227 g/mol. The van der Waals surface area contributed by atoms with Gasteiger partial charge in [0, 0.05) is 30.9 Å². The lowest BCUT2D eigenvalue weighted by Crippen LogP contribution is -2.31. The van der Waals surface area contributed by atoms with E-state index in [-0.39, 0.29) is 6.42 Å². The average Bonchev–Trinajstić information content (AvgIpc) is 2.53. The summed E-state index contributed by atoms with van der Waals surface area (Å²) in [6.45, 7) is 2.27. The topological polar surface area (TPSA) is 79.5 Å². The summed E-state index contributed by atoms with van der Waals surface area (Å²) >= 11 is 1.51. The summed E-state index contributed by atoms with van der Waals surface area (Å²) in [6, 6.07) is 0. The Kier molecular flexibility index (Phi) is 2.88. The molecule has 1 aromatic rings. The van der Waals surface area contributed by atoms with Gasteiger partial charge in [-0.15, -0.1) is 11.3 Å². The van der Waals surface area contributed by atoms with Crippen LogP contribution in [0.1, 0.15) is 17.0 Å². The van der Waals surface area contributed by atoms with Crippen LogP contribution in [0.5, 0.6) is 0 Å². The highest BCUT2D eigenvalue weighted by atomic mass is 32.1. The van der Waals surface area contributed by atoms with Gasteiger partial charge in [0.2, 0.25) is 0 Å². The molecule has 0 spiro atoms. The number of carboxylic acid groups (broad SMARTS) is 1. The van der Waals surface area contributed by atoms with Gasteiger partial charge in [0.25, 0.3) is 0 Å². The van der Waals surface area contributed by atoms with Gasteiger partial charge >= 0.3 is 5.97 Å². The predicted octanol–water partition coefficient (Wildman–Crippen LogP) is 0.558. The van der Waals surface area contributed by atoms with Crippen molar-refractivity contribution in [2.75, 3.05) is 18.8 Å². The molecule has 1 aromatic heterocycles. The zero-order valence-corrected chi connectivity index (χ0v) is 9.09. The molecule has 0 aliphatic carbocycles. The summed E-state index contributed by atoms with van der Waals surface area (Å²) in [5.74, 6) is -0.746. The molecule has 2 heterocycles. The third-order valence-electron chi connectivity index (χ3n) is 2.47. The van der Waals surface area contributed by atoms with Gasteiger partial charge in [0.05, 0.1) is 12.1 Å². The number of nitrogens with zero attached hydrogens (tertiary/aromatic N) is 2. The molecule has 2 rings (SSSR count). The first-order chi connectivity index (χ1) is 7.15. The summed E-state index contributed by atoms with van der Waals surface area (Å²) in [7, 11) is 0. The number of carboxylic acids is 1. The Morgan fingerprint density at radius 3 is 3.20 bits per heavy atom. The molecule has 15 heavy (non-hydrogen) atoms. The lowest BCUT2D eigenvalue weighted by atomic mass is 10.2. The molecule has 6 heteroatoms. The van der Waals surface area contributed by atoms with E-state index in [0.29, 0.717) is 11.7 Å². The summed E-state index contributed by atoms with van der Waals surface area (Å²) in [5.41, 5.74) is 6.71. The first-order valence-corrected chi connectivity index (χ1v) is 5.65. The molecule has 82 valence electrons. The second-order valence-corrected chi connectivity index (χ2v) is 4.71. The van der Waals surface area contributed by atoms with Crippen molar-refractivity contribution in [1.29, 1.82) is 0 Å². The van der Waals surface area contributed by atoms with Crippen molar-refractivity contribution in [3.8, 4) is 0 Å². The van der Waals surface area contributed by atoms with E-state index >= 15 is 0 Å². The van der Waals surface area contributed by atoms with Crippen LogP contribution in [-0.4, -0.2) is 34.0 Å². The molecule has 0 unspecified atom stereocenters. The standard InChI is InChI=1S/C9H13N3O2S/c10-9-11-6-1-3-12(4-2-8(13)14)5-7(6)15-9/h1-5H2,(H2,10,11)(H,13,14). The second-order valence-electron chi connectivity index (χ2n) is 3.59. The maximum atomic E-state index is 10.4. The van der Waals surface area contributed by atoms with Crippen LogP contribution in [0, 0.1) is 0 Å². The Morgan fingerprint density at radius 2 is 2.47 bits per heavy atom. The lowest BCUT2D eigenvalue weighted by Gasteiger charge is -2.24. The van der Waals surface area contributed by atoms with Gasteiger partial charge in [-0.3, -0.25) is 9.69 Å². The van der Waals surface area contributed by atoms with E-state index in [1.165, 1.54) is 16.2 Å². The van der Waals surface area contributed by atoms with E-state index in [9.17, 15) is 4.79 Å². The molecule has 0 atom stereocenters. The smallest absolute Gasteiger partial charge is 0.304 e. The van der Waals surface area contributed by atoms with E-state index < -0.39 is 5.97 Å². The number of nitrogen functional groups attached to an aromatic ring is 1. The largest absolute Gasteiger partial charge is 0.481 e. The summed E-state index contributed by atoms with van der Waals surface area (Å²) in [5, 5.41) is 9.20. The predicted molar refractivity (Wildman–Crippen MR) is 57.8 cm³/mol. The minimum atomic E-state index is -0.746. The number of carbonyl (C=O) groups is 1. The fourth-order valence-electron chi connectivity index (χ4n) is 1.71. The van der Waals surface area contributed by atoms with E-state index in [1.54, 1.807) is 0 Å². The molecule has 0 fully saturated rings. The number of rotatable bonds is 3. The van der Waals surface area contributed by atoms with Crippen LogP contribution >= 0.6 is 11.3 Å². The number of thiazole rings is 1.